The fraction of sp³-hybridized carbons (Fsp3) is 0.100. The minimum atomic E-state index is -0.219. The molecular formula is C30H22Cl3N3O4S. The summed E-state index contributed by atoms with van der Waals surface area (Å²) in [6.45, 7) is 0.452. The van der Waals surface area contributed by atoms with Crippen molar-refractivity contribution in [3.8, 4) is 11.5 Å². The number of furan rings is 1. The molecule has 0 bridgehead atoms. The molecule has 0 aliphatic carbocycles. The minimum Gasteiger partial charge on any atom is -0.493 e. The Morgan fingerprint density at radius 2 is 1.73 bits per heavy atom. The van der Waals surface area contributed by atoms with E-state index in [1.807, 2.05) is 24.3 Å². The summed E-state index contributed by atoms with van der Waals surface area (Å²) in [5.74, 6) is 1.44. The number of amidine groups is 1. The summed E-state index contributed by atoms with van der Waals surface area (Å²) < 4.78 is 17.0. The number of halogens is 3. The first kappa shape index (κ1) is 28.8. The van der Waals surface area contributed by atoms with E-state index in [1.165, 1.54) is 16.7 Å². The Hall–Kier alpha value is -3.69. The second kappa shape index (κ2) is 13.3. The molecular weight excluding hydrogens is 605 g/mol. The van der Waals surface area contributed by atoms with Gasteiger partial charge in [0.15, 0.2) is 16.7 Å². The molecule has 1 aliphatic heterocycles. The Morgan fingerprint density at radius 1 is 0.951 bits per heavy atom. The predicted molar refractivity (Wildman–Crippen MR) is 165 cm³/mol. The van der Waals surface area contributed by atoms with E-state index in [9.17, 15) is 4.79 Å². The molecule has 1 saturated heterocycles. The number of hydrogen-bond donors (Lipinski definition) is 0. The van der Waals surface area contributed by atoms with E-state index >= 15 is 0 Å². The second-order valence-electron chi connectivity index (χ2n) is 8.69. The van der Waals surface area contributed by atoms with Crippen LogP contribution >= 0.6 is 46.6 Å². The van der Waals surface area contributed by atoms with Gasteiger partial charge >= 0.3 is 0 Å². The van der Waals surface area contributed by atoms with Gasteiger partial charge in [-0.05, 0) is 77.5 Å². The van der Waals surface area contributed by atoms with Gasteiger partial charge in [-0.3, -0.25) is 9.69 Å². The molecule has 1 aliphatic rings. The van der Waals surface area contributed by atoms with E-state index in [2.05, 4.69) is 10.2 Å². The van der Waals surface area contributed by atoms with Crippen molar-refractivity contribution in [2.75, 3.05) is 7.11 Å². The number of carbonyl (C=O) groups is 1. The maximum Gasteiger partial charge on any atom is 0.267 e. The van der Waals surface area contributed by atoms with Crippen molar-refractivity contribution in [2.24, 2.45) is 10.2 Å². The molecule has 11 heteroatoms. The Morgan fingerprint density at radius 3 is 2.46 bits per heavy atom. The third kappa shape index (κ3) is 7.34. The summed E-state index contributed by atoms with van der Waals surface area (Å²) in [7, 11) is 1.55. The SMILES string of the molecule is COc1cc(/C=C2\S/C(=N/N=C\c3ccc(Cl)cc3)N(Cc3ccco3)C2=O)ccc1OCc1ccc(Cl)cc1Cl. The lowest BCUT2D eigenvalue weighted by molar-refractivity contribution is -0.122. The number of carbonyl (C=O) groups excluding carboxylic acids is 1. The van der Waals surface area contributed by atoms with Crippen LogP contribution < -0.4 is 9.47 Å². The summed E-state index contributed by atoms with van der Waals surface area (Å²) >= 11 is 19.4. The van der Waals surface area contributed by atoms with Crippen LogP contribution in [-0.2, 0) is 17.9 Å². The summed E-state index contributed by atoms with van der Waals surface area (Å²) in [6, 6.07) is 21.4. The highest BCUT2D eigenvalue weighted by Gasteiger charge is 2.34. The Balaban J connectivity index is 1.36. The van der Waals surface area contributed by atoms with Gasteiger partial charge in [-0.2, -0.15) is 5.10 Å². The van der Waals surface area contributed by atoms with Crippen LogP contribution in [0.3, 0.4) is 0 Å². The molecule has 0 saturated carbocycles. The first-order chi connectivity index (χ1) is 19.9. The highest BCUT2D eigenvalue weighted by molar-refractivity contribution is 8.18. The molecule has 0 spiro atoms. The Labute approximate surface area is 256 Å². The average Bonchev–Trinajstić information content (AvgIpc) is 3.58. The molecule has 0 unspecified atom stereocenters. The lowest BCUT2D eigenvalue weighted by Gasteiger charge is -2.13. The van der Waals surface area contributed by atoms with Gasteiger partial charge in [0.1, 0.15) is 12.4 Å². The van der Waals surface area contributed by atoms with Gasteiger partial charge in [0.25, 0.3) is 5.91 Å². The Kier molecular flexibility index (Phi) is 9.36. The number of benzene rings is 3. The standard InChI is InChI=1S/C30H22Cl3N3O4S/c1-38-27-13-20(6-11-26(27)40-18-21-7-10-23(32)15-25(21)33)14-28-29(37)36(17-24-3-2-12-39-24)30(41-28)35-34-16-19-4-8-22(31)9-5-19/h2-16H,17-18H2,1H3/b28-14-,34-16-,35-30+. The average molecular weight is 627 g/mol. The number of hydrogen-bond acceptors (Lipinski definition) is 7. The predicted octanol–water partition coefficient (Wildman–Crippen LogP) is 8.33. The van der Waals surface area contributed by atoms with E-state index in [0.717, 1.165) is 16.7 Å². The summed E-state index contributed by atoms with van der Waals surface area (Å²) in [4.78, 5) is 15.4. The van der Waals surface area contributed by atoms with E-state index in [1.54, 1.807) is 74.2 Å². The molecule has 7 nitrogen and oxygen atoms in total. The van der Waals surface area contributed by atoms with Crippen LogP contribution in [0.1, 0.15) is 22.5 Å². The molecule has 0 atom stereocenters. The normalized spacial score (nSPS) is 15.4. The van der Waals surface area contributed by atoms with Crippen LogP contribution in [0.4, 0.5) is 0 Å². The number of ether oxygens (including phenoxy) is 2. The quantitative estimate of drug-likeness (QED) is 0.106. The van der Waals surface area contributed by atoms with Crippen molar-refractivity contribution < 1.29 is 18.7 Å². The zero-order chi connectivity index (χ0) is 28.8. The Bertz CT molecular complexity index is 1640. The van der Waals surface area contributed by atoms with Gasteiger partial charge in [-0.1, -0.05) is 59.1 Å². The molecule has 1 fully saturated rings. The minimum absolute atomic E-state index is 0.217. The van der Waals surface area contributed by atoms with E-state index < -0.39 is 0 Å². The van der Waals surface area contributed by atoms with Crippen molar-refractivity contribution in [2.45, 2.75) is 13.2 Å². The fourth-order valence-corrected chi connectivity index (χ4v) is 5.34. The van der Waals surface area contributed by atoms with Crippen molar-refractivity contribution in [3.63, 3.8) is 0 Å². The summed E-state index contributed by atoms with van der Waals surface area (Å²) in [5, 5.41) is 10.7. The third-order valence-electron chi connectivity index (χ3n) is 5.89. The fourth-order valence-electron chi connectivity index (χ4n) is 3.81. The van der Waals surface area contributed by atoms with Crippen molar-refractivity contribution in [1.82, 2.24) is 4.90 Å². The molecule has 208 valence electrons. The molecule has 1 aromatic heterocycles. The first-order valence-electron chi connectivity index (χ1n) is 12.2. The highest BCUT2D eigenvalue weighted by Crippen LogP contribution is 2.36. The number of amides is 1. The highest BCUT2D eigenvalue weighted by atomic mass is 35.5. The largest absolute Gasteiger partial charge is 0.493 e. The number of thioether (sulfide) groups is 1. The van der Waals surface area contributed by atoms with Crippen LogP contribution in [0.5, 0.6) is 11.5 Å². The maximum atomic E-state index is 13.4. The lowest BCUT2D eigenvalue weighted by Crippen LogP contribution is -2.28. The van der Waals surface area contributed by atoms with Crippen LogP contribution in [0.15, 0.2) is 98.6 Å². The molecule has 1 amide bonds. The smallest absolute Gasteiger partial charge is 0.267 e. The van der Waals surface area contributed by atoms with Gasteiger partial charge in [0.2, 0.25) is 0 Å². The van der Waals surface area contributed by atoms with Crippen molar-refractivity contribution in [1.29, 1.82) is 0 Å². The topological polar surface area (TPSA) is 76.6 Å². The van der Waals surface area contributed by atoms with E-state index in [0.29, 0.717) is 42.4 Å². The second-order valence-corrected chi connectivity index (χ2v) is 11.0. The number of nitrogens with zero attached hydrogens (tertiary/aromatic N) is 3. The molecule has 4 aromatic rings. The van der Waals surface area contributed by atoms with Crippen LogP contribution in [0.2, 0.25) is 15.1 Å². The van der Waals surface area contributed by atoms with Gasteiger partial charge in [-0.25, -0.2) is 0 Å². The van der Waals surface area contributed by atoms with Gasteiger partial charge in [0.05, 0.1) is 31.0 Å². The van der Waals surface area contributed by atoms with E-state index in [-0.39, 0.29) is 19.1 Å². The lowest BCUT2D eigenvalue weighted by atomic mass is 10.1. The molecule has 5 rings (SSSR count). The zero-order valence-corrected chi connectivity index (χ0v) is 24.7. The summed E-state index contributed by atoms with van der Waals surface area (Å²) in [5.41, 5.74) is 2.37. The monoisotopic (exact) mass is 625 g/mol. The van der Waals surface area contributed by atoms with Crippen molar-refractivity contribution in [3.05, 3.63) is 121 Å². The maximum absolute atomic E-state index is 13.4. The van der Waals surface area contributed by atoms with E-state index in [4.69, 9.17) is 48.7 Å². The molecule has 0 N–H and O–H groups in total. The van der Waals surface area contributed by atoms with Gasteiger partial charge < -0.3 is 13.9 Å². The molecule has 2 heterocycles. The number of rotatable bonds is 9. The number of methoxy groups -OCH3 is 1. The van der Waals surface area contributed by atoms with Gasteiger partial charge in [0, 0.05) is 20.6 Å². The molecule has 41 heavy (non-hydrogen) atoms. The van der Waals surface area contributed by atoms with Crippen molar-refractivity contribution >= 4 is 69.9 Å². The molecule has 3 aromatic carbocycles. The first-order valence-corrected chi connectivity index (χ1v) is 14.2. The van der Waals surface area contributed by atoms with Crippen LogP contribution in [0.25, 0.3) is 6.08 Å². The van der Waals surface area contributed by atoms with Crippen LogP contribution in [0, 0.1) is 0 Å². The van der Waals surface area contributed by atoms with Crippen LogP contribution in [-0.4, -0.2) is 29.3 Å². The third-order valence-corrected chi connectivity index (χ3v) is 7.72. The zero-order valence-electron chi connectivity index (χ0n) is 21.6. The van der Waals surface area contributed by atoms with Gasteiger partial charge in [-0.15, -0.1) is 5.10 Å². The summed E-state index contributed by atoms with van der Waals surface area (Å²) in [6.07, 6.45) is 4.93. The molecule has 0 radical (unpaired) electrons.